The quantitative estimate of drug-likeness (QED) is 0.442. The van der Waals surface area contributed by atoms with Crippen molar-refractivity contribution in [3.05, 3.63) is 54.1 Å². The van der Waals surface area contributed by atoms with E-state index in [1.807, 2.05) is 0 Å². The molecule has 0 unspecified atom stereocenters. The summed E-state index contributed by atoms with van der Waals surface area (Å²) in [6.45, 7) is 3.34. The van der Waals surface area contributed by atoms with Gasteiger partial charge in [0.05, 0.1) is 43.7 Å². The molecule has 1 aromatic heterocycles. The number of sulfonamides is 1. The van der Waals surface area contributed by atoms with Crippen LogP contribution in [0.15, 0.2) is 53.5 Å². The lowest BCUT2D eigenvalue weighted by molar-refractivity contribution is 0.0601. The molecule has 11 heteroatoms. The molecule has 3 aromatic rings. The van der Waals surface area contributed by atoms with E-state index in [0.717, 1.165) is 0 Å². The molecule has 0 bridgehead atoms. The molecule has 0 saturated heterocycles. The number of benzene rings is 2. The number of fused-ring (bicyclic) bond motifs is 1. The number of allylic oxidation sites excluding steroid dienone is 1. The van der Waals surface area contributed by atoms with Crippen LogP contribution in [-0.4, -0.2) is 50.7 Å². The van der Waals surface area contributed by atoms with Crippen LogP contribution in [0.4, 0.5) is 4.39 Å². The molecule has 182 valence electrons. The molecule has 0 amide bonds. The summed E-state index contributed by atoms with van der Waals surface area (Å²) in [5.74, 6) is -0.891. The third-order valence-electron chi connectivity index (χ3n) is 4.96. The summed E-state index contributed by atoms with van der Waals surface area (Å²) >= 11 is 0. The van der Waals surface area contributed by atoms with Crippen molar-refractivity contribution in [3.8, 4) is 16.9 Å². The van der Waals surface area contributed by atoms with Gasteiger partial charge < -0.3 is 19.8 Å². The van der Waals surface area contributed by atoms with Gasteiger partial charge >= 0.3 is 5.97 Å². The fourth-order valence-electron chi connectivity index (χ4n) is 3.53. The van der Waals surface area contributed by atoms with Gasteiger partial charge in [0.25, 0.3) is 0 Å². The second-order valence-electron chi connectivity index (χ2n) is 7.78. The first-order valence-electron chi connectivity index (χ1n) is 10.4. The average molecular weight is 491 g/mol. The Morgan fingerprint density at radius 1 is 1.26 bits per heavy atom. The maximum Gasteiger partial charge on any atom is 0.337 e. The van der Waals surface area contributed by atoms with Gasteiger partial charge in [-0.15, -0.1) is 0 Å². The van der Waals surface area contributed by atoms with Crippen LogP contribution in [0.5, 0.6) is 5.75 Å². The van der Waals surface area contributed by atoms with Crippen molar-refractivity contribution >= 4 is 27.0 Å². The lowest BCUT2D eigenvalue weighted by atomic mass is 10.0. The van der Waals surface area contributed by atoms with Crippen LogP contribution in [0.25, 0.3) is 22.2 Å². The number of aromatic nitrogens is 2. The van der Waals surface area contributed by atoms with Crippen LogP contribution in [0.2, 0.25) is 0 Å². The summed E-state index contributed by atoms with van der Waals surface area (Å²) in [6, 6.07) is 7.42. The predicted molar refractivity (Wildman–Crippen MR) is 127 cm³/mol. The molecule has 0 aliphatic rings. The number of ether oxygens (including phenoxy) is 2. The van der Waals surface area contributed by atoms with E-state index in [1.165, 1.54) is 43.3 Å². The summed E-state index contributed by atoms with van der Waals surface area (Å²) in [5.41, 5.74) is 7.47. The van der Waals surface area contributed by atoms with Gasteiger partial charge in [0.1, 0.15) is 16.5 Å². The molecule has 3 N–H and O–H groups in total. The fourth-order valence-corrected chi connectivity index (χ4v) is 4.97. The molecule has 34 heavy (non-hydrogen) atoms. The van der Waals surface area contributed by atoms with Crippen molar-refractivity contribution in [1.82, 2.24) is 14.3 Å². The minimum absolute atomic E-state index is 0.0463. The molecule has 2 aromatic carbocycles. The first-order valence-corrected chi connectivity index (χ1v) is 11.9. The summed E-state index contributed by atoms with van der Waals surface area (Å²) in [6.07, 6.45) is 2.69. The molecule has 3 rings (SSSR count). The van der Waals surface area contributed by atoms with Crippen LogP contribution in [-0.2, 0) is 21.3 Å². The van der Waals surface area contributed by atoms with Gasteiger partial charge in [0.15, 0.2) is 0 Å². The van der Waals surface area contributed by atoms with Gasteiger partial charge in [0.2, 0.25) is 10.0 Å². The van der Waals surface area contributed by atoms with Crippen molar-refractivity contribution in [2.45, 2.75) is 31.3 Å². The fraction of sp³-hybridized carbons (Fsp3) is 0.304. The topological polar surface area (TPSA) is 126 Å². The molecular formula is C23H27FN4O5S. The van der Waals surface area contributed by atoms with Gasteiger partial charge in [-0.2, -0.15) is 0 Å². The molecule has 0 atom stereocenters. The Hall–Kier alpha value is -3.28. The molecule has 0 spiro atoms. The second-order valence-corrected chi connectivity index (χ2v) is 9.47. The Morgan fingerprint density at radius 2 is 2.00 bits per heavy atom. The van der Waals surface area contributed by atoms with E-state index in [1.54, 1.807) is 32.0 Å². The van der Waals surface area contributed by atoms with E-state index >= 15 is 0 Å². The minimum atomic E-state index is -3.90. The van der Waals surface area contributed by atoms with Crippen molar-refractivity contribution < 1.29 is 27.1 Å². The van der Waals surface area contributed by atoms with Gasteiger partial charge in [-0.25, -0.2) is 27.3 Å². The van der Waals surface area contributed by atoms with Gasteiger partial charge in [-0.3, -0.25) is 0 Å². The highest BCUT2D eigenvalue weighted by Crippen LogP contribution is 2.34. The van der Waals surface area contributed by atoms with E-state index < -0.39 is 21.8 Å². The zero-order valence-electron chi connectivity index (χ0n) is 19.3. The van der Waals surface area contributed by atoms with E-state index in [4.69, 9.17) is 15.2 Å². The molecule has 0 aliphatic heterocycles. The van der Waals surface area contributed by atoms with Gasteiger partial charge in [0, 0.05) is 18.2 Å². The van der Waals surface area contributed by atoms with Crippen LogP contribution in [0, 0.1) is 0 Å². The number of hydrogen-bond acceptors (Lipinski definition) is 7. The molecule has 0 aliphatic carbocycles. The largest absolute Gasteiger partial charge is 0.495 e. The third-order valence-corrected chi connectivity index (χ3v) is 6.64. The summed E-state index contributed by atoms with van der Waals surface area (Å²) in [5, 5.41) is 0. The number of carbonyl (C=O) groups is 1. The highest BCUT2D eigenvalue weighted by Gasteiger charge is 2.23. The zero-order valence-corrected chi connectivity index (χ0v) is 20.1. The number of halogens is 1. The third kappa shape index (κ3) is 5.27. The van der Waals surface area contributed by atoms with Crippen LogP contribution in [0.1, 0.15) is 24.2 Å². The molecular weight excluding hydrogens is 463 g/mol. The van der Waals surface area contributed by atoms with Crippen LogP contribution >= 0.6 is 0 Å². The van der Waals surface area contributed by atoms with Crippen LogP contribution < -0.4 is 15.2 Å². The van der Waals surface area contributed by atoms with E-state index in [9.17, 15) is 17.6 Å². The number of imidazole rings is 1. The minimum Gasteiger partial charge on any atom is -0.495 e. The number of nitrogens with two attached hydrogens (primary N) is 1. The molecule has 9 nitrogen and oxygen atoms in total. The number of nitrogens with one attached hydrogen (secondary N) is 1. The number of carbonyl (C=O) groups excluding carboxylic acids is 1. The van der Waals surface area contributed by atoms with E-state index in [0.29, 0.717) is 22.2 Å². The maximum absolute atomic E-state index is 14.2. The Balaban J connectivity index is 2.26. The van der Waals surface area contributed by atoms with E-state index in [2.05, 4.69) is 9.71 Å². The average Bonchev–Trinajstić information content (AvgIpc) is 3.19. The second kappa shape index (κ2) is 10.3. The predicted octanol–water partition coefficient (Wildman–Crippen LogP) is 3.00. The molecule has 1 heterocycles. The van der Waals surface area contributed by atoms with Gasteiger partial charge in [-0.1, -0.05) is 6.07 Å². The first kappa shape index (κ1) is 25.3. The summed E-state index contributed by atoms with van der Waals surface area (Å²) < 4.78 is 54.3. The maximum atomic E-state index is 14.2. The first-order chi connectivity index (χ1) is 16.1. The number of hydrogen-bond donors (Lipinski definition) is 2. The Morgan fingerprint density at radius 3 is 2.62 bits per heavy atom. The SMILES string of the molecule is COC(=O)c1cc(-c2ccc(OC)c(S(=O)(=O)NC(C)C)c2)c2ncn(C/C(F)=C/CN)c2c1. The van der Waals surface area contributed by atoms with Gasteiger partial charge in [-0.05, 0) is 49.8 Å². The molecule has 0 radical (unpaired) electrons. The number of nitrogens with zero attached hydrogens (tertiary/aromatic N) is 2. The monoisotopic (exact) mass is 490 g/mol. The van der Waals surface area contributed by atoms with Crippen molar-refractivity contribution in [2.75, 3.05) is 20.8 Å². The molecule has 0 saturated carbocycles. The van der Waals surface area contributed by atoms with Crippen molar-refractivity contribution in [3.63, 3.8) is 0 Å². The highest BCUT2D eigenvalue weighted by atomic mass is 32.2. The van der Waals surface area contributed by atoms with Crippen LogP contribution in [0.3, 0.4) is 0 Å². The lowest BCUT2D eigenvalue weighted by Crippen LogP contribution is -2.30. The Kier molecular flexibility index (Phi) is 7.70. The smallest absolute Gasteiger partial charge is 0.337 e. The van der Waals surface area contributed by atoms with Crippen molar-refractivity contribution in [2.24, 2.45) is 5.73 Å². The Labute approximate surface area is 197 Å². The summed E-state index contributed by atoms with van der Waals surface area (Å²) in [7, 11) is -1.26. The number of rotatable bonds is 9. The number of methoxy groups -OCH3 is 2. The standard InChI is InChI=1S/C23H27FN4O5S/c1-14(2)27-34(30,31)21-11-15(5-6-20(21)32-3)18-9-16(23(29)33-4)10-19-22(18)26-13-28(19)12-17(24)7-8-25/h5-7,9-11,13-14,27H,8,12,25H2,1-4H3/b17-7-. The summed E-state index contributed by atoms with van der Waals surface area (Å²) in [4.78, 5) is 16.7. The number of esters is 1. The van der Waals surface area contributed by atoms with E-state index in [-0.39, 0.29) is 35.3 Å². The lowest BCUT2D eigenvalue weighted by Gasteiger charge is -2.15. The normalized spacial score (nSPS) is 12.4. The zero-order chi connectivity index (χ0) is 25.0. The molecule has 0 fully saturated rings. The highest BCUT2D eigenvalue weighted by molar-refractivity contribution is 7.89. The van der Waals surface area contributed by atoms with Crippen molar-refractivity contribution in [1.29, 1.82) is 0 Å². The Bertz CT molecular complexity index is 1350.